The number of methoxy groups -OCH3 is 1. The Bertz CT molecular complexity index is 2230. The third-order valence-corrected chi connectivity index (χ3v) is 15.1. The Balaban J connectivity index is 1.19. The van der Waals surface area contributed by atoms with E-state index in [0.717, 1.165) is 93.2 Å². The van der Waals surface area contributed by atoms with Crippen molar-refractivity contribution in [2.75, 3.05) is 38.4 Å². The lowest BCUT2D eigenvalue weighted by Gasteiger charge is -2.37. The Labute approximate surface area is 339 Å². The molecule has 0 radical (unpaired) electrons. The van der Waals surface area contributed by atoms with Gasteiger partial charge < -0.3 is 19.1 Å². The van der Waals surface area contributed by atoms with Crippen molar-refractivity contribution in [2.45, 2.75) is 111 Å². The van der Waals surface area contributed by atoms with Crippen molar-refractivity contribution in [3.05, 3.63) is 57.8 Å². The molecule has 2 aliphatic rings. The molecule has 0 N–H and O–H groups in total. The van der Waals surface area contributed by atoms with Gasteiger partial charge >= 0.3 is 5.97 Å². The van der Waals surface area contributed by atoms with Gasteiger partial charge in [-0.15, -0.1) is 10.2 Å². The minimum absolute atomic E-state index is 0.201. The van der Waals surface area contributed by atoms with Crippen LogP contribution in [0.25, 0.3) is 20.7 Å². The van der Waals surface area contributed by atoms with E-state index < -0.39 is 14.0 Å². The fraction of sp³-hybridized carbons (Fsp3) is 0.561. The number of hydrogen-bond donors (Lipinski definition) is 0. The maximum absolute atomic E-state index is 13.5. The van der Waals surface area contributed by atoms with E-state index in [1.54, 1.807) is 18.4 Å². The molecule has 1 aliphatic heterocycles. The standard InChI is InChI=1S/C41H56N8O4S2Si/c1-8-53-38(50)34-35(31-25-42-49(29(31)3)26-41(20-14-22-51-4)18-12-9-13-19-41)55-39(43-34)47-21-17-30-28(2)36(45-46-37(30)47)44-40-48(27-52-23-24-56(5,6)7)32-15-10-11-16-33(32)54-40/h10-11,15-16,25H,8-9,12-14,17-24,26-27H2,1-7H3/b44-40-. The van der Waals surface area contributed by atoms with Crippen molar-refractivity contribution >= 4 is 63.7 Å². The highest BCUT2D eigenvalue weighted by Gasteiger charge is 2.35. The summed E-state index contributed by atoms with van der Waals surface area (Å²) in [6.07, 6.45) is 11.0. The summed E-state index contributed by atoms with van der Waals surface area (Å²) in [6.45, 7) is 16.8. The summed E-state index contributed by atoms with van der Waals surface area (Å²) < 4.78 is 22.6. The molecule has 5 heterocycles. The third kappa shape index (κ3) is 8.71. The number of esters is 1. The number of benzene rings is 1. The zero-order valence-corrected chi connectivity index (χ0v) is 36.7. The second-order valence-electron chi connectivity index (χ2n) is 16.4. The zero-order valence-electron chi connectivity index (χ0n) is 34.0. The van der Waals surface area contributed by atoms with Gasteiger partial charge in [-0.05, 0) is 76.5 Å². The summed E-state index contributed by atoms with van der Waals surface area (Å²) in [5.41, 5.74) is 5.63. The molecule has 7 rings (SSSR count). The van der Waals surface area contributed by atoms with E-state index in [2.05, 4.69) is 77.0 Å². The lowest BCUT2D eigenvalue weighted by atomic mass is 9.71. The number of rotatable bonds is 16. The fourth-order valence-corrected chi connectivity index (χ4v) is 10.9. The minimum Gasteiger partial charge on any atom is -0.461 e. The number of nitrogens with zero attached hydrogens (tertiary/aromatic N) is 8. The van der Waals surface area contributed by atoms with Crippen LogP contribution >= 0.6 is 22.7 Å². The van der Waals surface area contributed by atoms with E-state index in [1.165, 1.54) is 43.4 Å². The van der Waals surface area contributed by atoms with Crippen LogP contribution in [0.4, 0.5) is 16.8 Å². The van der Waals surface area contributed by atoms with Gasteiger partial charge in [-0.3, -0.25) is 9.25 Å². The molecule has 1 aromatic carbocycles. The van der Waals surface area contributed by atoms with E-state index in [9.17, 15) is 4.79 Å². The van der Waals surface area contributed by atoms with Crippen LogP contribution in [-0.2, 0) is 33.9 Å². The van der Waals surface area contributed by atoms with Gasteiger partial charge in [-0.1, -0.05) is 73.7 Å². The predicted octanol–water partition coefficient (Wildman–Crippen LogP) is 9.22. The molecule has 15 heteroatoms. The summed E-state index contributed by atoms with van der Waals surface area (Å²) in [5, 5.41) is 15.0. The normalized spacial score (nSPS) is 15.9. The van der Waals surface area contributed by atoms with E-state index in [-0.39, 0.29) is 12.0 Å². The molecule has 1 fully saturated rings. The molecule has 0 spiro atoms. The molecule has 1 saturated carbocycles. The Morgan fingerprint density at radius 1 is 1.05 bits per heavy atom. The topological polar surface area (TPSA) is 122 Å². The molecule has 300 valence electrons. The molecule has 12 nitrogen and oxygen atoms in total. The van der Waals surface area contributed by atoms with Crippen molar-refractivity contribution < 1.29 is 19.0 Å². The Kier molecular flexibility index (Phi) is 12.6. The molecule has 0 unspecified atom stereocenters. The highest BCUT2D eigenvalue weighted by atomic mass is 32.1. The lowest BCUT2D eigenvalue weighted by molar-refractivity contribution is 0.0521. The average Bonchev–Trinajstić information content (AvgIpc) is 3.96. The van der Waals surface area contributed by atoms with Gasteiger partial charge in [-0.2, -0.15) is 10.1 Å². The SMILES string of the molecule is CCOC(=O)c1nc(N2CCc3c2nnc(/N=c2\sc4ccccc4n2COCC[Si](C)(C)C)c3C)sc1-c1cnn(CC2(CCCOC)CCCCC2)c1C. The van der Waals surface area contributed by atoms with Gasteiger partial charge in [0.15, 0.2) is 27.3 Å². The van der Waals surface area contributed by atoms with E-state index >= 15 is 0 Å². The number of para-hydroxylation sites is 1. The monoisotopic (exact) mass is 816 g/mol. The molecule has 56 heavy (non-hydrogen) atoms. The van der Waals surface area contributed by atoms with Crippen molar-refractivity contribution in [1.29, 1.82) is 0 Å². The number of carbonyl (C=O) groups is 1. The number of thiazole rings is 2. The van der Waals surface area contributed by atoms with Crippen LogP contribution in [-0.4, -0.2) is 77.0 Å². The van der Waals surface area contributed by atoms with Crippen LogP contribution in [0.2, 0.25) is 25.7 Å². The van der Waals surface area contributed by atoms with Crippen LogP contribution in [0.3, 0.4) is 0 Å². The highest BCUT2D eigenvalue weighted by Crippen LogP contribution is 2.45. The predicted molar refractivity (Wildman–Crippen MR) is 227 cm³/mol. The van der Waals surface area contributed by atoms with Crippen LogP contribution in [0.15, 0.2) is 35.5 Å². The number of hydrogen-bond acceptors (Lipinski definition) is 12. The molecule has 0 saturated heterocycles. The summed E-state index contributed by atoms with van der Waals surface area (Å²) in [7, 11) is 0.565. The maximum atomic E-state index is 13.5. The third-order valence-electron chi connectivity index (χ3n) is 11.3. The van der Waals surface area contributed by atoms with E-state index in [0.29, 0.717) is 29.9 Å². The van der Waals surface area contributed by atoms with Gasteiger partial charge in [0.25, 0.3) is 0 Å². The minimum atomic E-state index is -1.21. The fourth-order valence-electron chi connectivity index (χ4n) is 8.00. The number of aromatic nitrogens is 6. The number of fused-ring (bicyclic) bond motifs is 2. The average molecular weight is 817 g/mol. The number of anilines is 2. The van der Waals surface area contributed by atoms with Crippen molar-refractivity contribution in [2.24, 2.45) is 10.4 Å². The second-order valence-corrected chi connectivity index (χ2v) is 24.1. The first-order valence-electron chi connectivity index (χ1n) is 20.0. The smallest absolute Gasteiger partial charge is 0.358 e. The molecule has 0 amide bonds. The summed E-state index contributed by atoms with van der Waals surface area (Å²) in [4.78, 5) is 27.2. The lowest BCUT2D eigenvalue weighted by Crippen LogP contribution is -2.31. The maximum Gasteiger partial charge on any atom is 0.358 e. The first-order valence-corrected chi connectivity index (χ1v) is 25.4. The molecule has 0 bridgehead atoms. The molecule has 1 aliphatic carbocycles. The largest absolute Gasteiger partial charge is 0.461 e. The Hall–Kier alpha value is -3.76. The molecule has 4 aromatic heterocycles. The molecular formula is C41H56N8O4S2Si. The molecule has 0 atom stereocenters. The Morgan fingerprint density at radius 3 is 2.62 bits per heavy atom. The van der Waals surface area contributed by atoms with Crippen LogP contribution in [0.5, 0.6) is 0 Å². The van der Waals surface area contributed by atoms with Gasteiger partial charge in [0.05, 0.1) is 27.9 Å². The first-order chi connectivity index (χ1) is 27.0. The second kappa shape index (κ2) is 17.4. The zero-order chi connectivity index (χ0) is 39.5. The summed E-state index contributed by atoms with van der Waals surface area (Å²) >= 11 is 3.11. The molecule has 5 aromatic rings. The van der Waals surface area contributed by atoms with Crippen LogP contribution < -0.4 is 9.70 Å². The summed E-state index contributed by atoms with van der Waals surface area (Å²) in [5.74, 6) is 0.914. The van der Waals surface area contributed by atoms with Gasteiger partial charge in [0.1, 0.15) is 6.73 Å². The highest BCUT2D eigenvalue weighted by molar-refractivity contribution is 7.19. The van der Waals surface area contributed by atoms with Crippen molar-refractivity contribution in [3.8, 4) is 10.4 Å². The van der Waals surface area contributed by atoms with Gasteiger partial charge in [0, 0.05) is 63.9 Å². The van der Waals surface area contributed by atoms with E-state index in [1.807, 2.05) is 13.1 Å². The van der Waals surface area contributed by atoms with E-state index in [4.69, 9.17) is 34.4 Å². The Morgan fingerprint density at radius 2 is 1.86 bits per heavy atom. The number of carbonyl (C=O) groups excluding carboxylic acids is 1. The molecular weight excluding hydrogens is 761 g/mol. The first kappa shape index (κ1) is 40.4. The van der Waals surface area contributed by atoms with Crippen molar-refractivity contribution in [1.82, 2.24) is 29.5 Å². The van der Waals surface area contributed by atoms with Crippen LogP contribution in [0, 0.1) is 19.3 Å². The number of ether oxygens (including phenoxy) is 3. The van der Waals surface area contributed by atoms with Gasteiger partial charge in [0.2, 0.25) is 0 Å². The quantitative estimate of drug-likeness (QED) is 0.0545. The van der Waals surface area contributed by atoms with Crippen LogP contribution in [0.1, 0.15) is 79.2 Å². The summed E-state index contributed by atoms with van der Waals surface area (Å²) in [6, 6.07) is 9.44. The van der Waals surface area contributed by atoms with Gasteiger partial charge in [-0.25, -0.2) is 9.78 Å². The van der Waals surface area contributed by atoms with Crippen molar-refractivity contribution in [3.63, 3.8) is 0 Å².